The normalized spacial score (nSPS) is 15.5. The van der Waals surface area contributed by atoms with Crippen molar-refractivity contribution in [1.82, 2.24) is 30.1 Å². The molecule has 0 radical (unpaired) electrons. The summed E-state index contributed by atoms with van der Waals surface area (Å²) in [5, 5.41) is 15.8. The van der Waals surface area contributed by atoms with Gasteiger partial charge in [-0.1, -0.05) is 6.07 Å². The summed E-state index contributed by atoms with van der Waals surface area (Å²) in [5.41, 5.74) is 1.21. The minimum atomic E-state index is -0.112. The van der Waals surface area contributed by atoms with E-state index in [1.54, 1.807) is 22.8 Å². The maximum absolute atomic E-state index is 12.2. The first-order chi connectivity index (χ1) is 12.2. The molecule has 0 saturated carbocycles. The van der Waals surface area contributed by atoms with Gasteiger partial charge in [-0.15, -0.1) is 15.3 Å². The number of rotatable bonds is 3. The first-order valence-electron chi connectivity index (χ1n) is 8.36. The van der Waals surface area contributed by atoms with Crippen molar-refractivity contribution in [2.45, 2.75) is 25.8 Å². The average Bonchev–Trinajstić information content (AvgIpc) is 3.03. The van der Waals surface area contributed by atoms with E-state index in [1.165, 1.54) is 0 Å². The molecule has 0 aliphatic carbocycles. The van der Waals surface area contributed by atoms with Gasteiger partial charge in [0, 0.05) is 25.3 Å². The van der Waals surface area contributed by atoms with Crippen LogP contribution in [0.25, 0.3) is 5.65 Å². The highest BCUT2D eigenvalue weighted by molar-refractivity contribution is 5.92. The molecule has 4 rings (SSSR count). The summed E-state index contributed by atoms with van der Waals surface area (Å²) in [4.78, 5) is 18.5. The van der Waals surface area contributed by atoms with Crippen LogP contribution in [0.15, 0.2) is 36.5 Å². The summed E-state index contributed by atoms with van der Waals surface area (Å²) in [6.45, 7) is 3.57. The Balaban J connectivity index is 1.39. The summed E-state index contributed by atoms with van der Waals surface area (Å²) in [6.07, 6.45) is 3.38. The quantitative estimate of drug-likeness (QED) is 0.773. The van der Waals surface area contributed by atoms with Crippen molar-refractivity contribution in [3.05, 3.63) is 48.0 Å². The molecule has 1 N–H and O–H groups in total. The van der Waals surface area contributed by atoms with E-state index in [0.717, 1.165) is 43.2 Å². The second-order valence-electron chi connectivity index (χ2n) is 6.16. The van der Waals surface area contributed by atoms with E-state index in [-0.39, 0.29) is 11.9 Å². The van der Waals surface area contributed by atoms with Crippen molar-refractivity contribution in [3.8, 4) is 0 Å². The third-order valence-corrected chi connectivity index (χ3v) is 4.46. The van der Waals surface area contributed by atoms with E-state index in [4.69, 9.17) is 0 Å². The Labute approximate surface area is 144 Å². The molecule has 1 fully saturated rings. The van der Waals surface area contributed by atoms with E-state index in [9.17, 15) is 4.79 Å². The van der Waals surface area contributed by atoms with Gasteiger partial charge in [-0.05, 0) is 44.0 Å². The third kappa shape index (κ3) is 3.15. The van der Waals surface area contributed by atoms with Crippen molar-refractivity contribution in [2.75, 3.05) is 18.0 Å². The molecule has 1 amide bonds. The summed E-state index contributed by atoms with van der Waals surface area (Å²) in [5.74, 6) is 1.57. The lowest BCUT2D eigenvalue weighted by Gasteiger charge is -2.33. The van der Waals surface area contributed by atoms with Crippen molar-refractivity contribution >= 4 is 17.4 Å². The highest BCUT2D eigenvalue weighted by Gasteiger charge is 2.22. The summed E-state index contributed by atoms with van der Waals surface area (Å²) < 4.78 is 1.75. The zero-order chi connectivity index (χ0) is 17.2. The predicted molar refractivity (Wildman–Crippen MR) is 92.5 cm³/mol. The van der Waals surface area contributed by atoms with Gasteiger partial charge >= 0.3 is 0 Å². The lowest BCUT2D eigenvalue weighted by molar-refractivity contribution is 0.0926. The molecule has 0 bridgehead atoms. The molecule has 128 valence electrons. The van der Waals surface area contributed by atoms with Crippen molar-refractivity contribution in [3.63, 3.8) is 0 Å². The molecule has 0 unspecified atom stereocenters. The number of hydrogen-bond acceptors (Lipinski definition) is 6. The van der Waals surface area contributed by atoms with Gasteiger partial charge in [0.15, 0.2) is 11.5 Å². The molecule has 1 saturated heterocycles. The van der Waals surface area contributed by atoms with Crippen LogP contribution < -0.4 is 10.2 Å². The number of anilines is 1. The topological polar surface area (TPSA) is 88.3 Å². The molecule has 0 spiro atoms. The molecule has 0 atom stereocenters. The van der Waals surface area contributed by atoms with Crippen LogP contribution in [0.1, 0.15) is 29.2 Å². The van der Waals surface area contributed by atoms with Crippen LogP contribution in [0, 0.1) is 6.92 Å². The van der Waals surface area contributed by atoms with Gasteiger partial charge in [0.2, 0.25) is 0 Å². The molecule has 3 aromatic heterocycles. The zero-order valence-electron chi connectivity index (χ0n) is 14.0. The van der Waals surface area contributed by atoms with Crippen LogP contribution >= 0.6 is 0 Å². The zero-order valence-corrected chi connectivity index (χ0v) is 14.0. The molecule has 0 aromatic carbocycles. The van der Waals surface area contributed by atoms with E-state index in [2.05, 4.69) is 30.5 Å². The monoisotopic (exact) mass is 337 g/mol. The van der Waals surface area contributed by atoms with Crippen LogP contribution in [0.5, 0.6) is 0 Å². The Morgan fingerprint density at radius 1 is 1.16 bits per heavy atom. The lowest BCUT2D eigenvalue weighted by atomic mass is 10.0. The molecule has 1 aliphatic rings. The average molecular weight is 337 g/mol. The summed E-state index contributed by atoms with van der Waals surface area (Å²) in [6, 6.07) is 9.40. The minimum absolute atomic E-state index is 0.112. The van der Waals surface area contributed by atoms with Gasteiger partial charge < -0.3 is 10.2 Å². The number of aromatic nitrogens is 5. The Morgan fingerprint density at radius 3 is 2.76 bits per heavy atom. The smallest absolute Gasteiger partial charge is 0.270 e. The SMILES string of the molecule is Cc1nnc2ccc(N3CCC(NC(=O)c4ccccn4)CC3)nn12. The Kier molecular flexibility index (Phi) is 4.01. The Morgan fingerprint density at radius 2 is 2.00 bits per heavy atom. The first kappa shape index (κ1) is 15.5. The number of amides is 1. The van der Waals surface area contributed by atoms with E-state index >= 15 is 0 Å². The van der Waals surface area contributed by atoms with Crippen LogP contribution in [-0.4, -0.2) is 49.8 Å². The van der Waals surface area contributed by atoms with E-state index in [0.29, 0.717) is 5.69 Å². The van der Waals surface area contributed by atoms with Crippen LogP contribution in [0.4, 0.5) is 5.82 Å². The fourth-order valence-corrected chi connectivity index (χ4v) is 3.06. The lowest BCUT2D eigenvalue weighted by Crippen LogP contribution is -2.45. The molecule has 8 nitrogen and oxygen atoms in total. The van der Waals surface area contributed by atoms with Crippen LogP contribution in [0.2, 0.25) is 0 Å². The van der Waals surface area contributed by atoms with Gasteiger partial charge in [-0.2, -0.15) is 4.52 Å². The predicted octanol–water partition coefficient (Wildman–Crippen LogP) is 1.23. The number of carbonyl (C=O) groups is 1. The molecule has 3 aromatic rings. The maximum atomic E-state index is 12.2. The summed E-state index contributed by atoms with van der Waals surface area (Å²) >= 11 is 0. The van der Waals surface area contributed by atoms with Crippen molar-refractivity contribution in [2.24, 2.45) is 0 Å². The van der Waals surface area contributed by atoms with E-state index in [1.807, 2.05) is 25.1 Å². The minimum Gasteiger partial charge on any atom is -0.355 e. The fraction of sp³-hybridized carbons (Fsp3) is 0.353. The van der Waals surface area contributed by atoms with Crippen molar-refractivity contribution < 1.29 is 4.79 Å². The number of nitrogens with one attached hydrogen (secondary N) is 1. The highest BCUT2D eigenvalue weighted by Crippen LogP contribution is 2.18. The van der Waals surface area contributed by atoms with Crippen LogP contribution in [0.3, 0.4) is 0 Å². The number of pyridine rings is 1. The summed E-state index contributed by atoms with van der Waals surface area (Å²) in [7, 11) is 0. The number of piperidine rings is 1. The first-order valence-corrected chi connectivity index (χ1v) is 8.36. The molecular weight excluding hydrogens is 318 g/mol. The standard InChI is InChI=1S/C17H19N7O/c1-12-20-21-15-5-6-16(22-24(12)15)23-10-7-13(8-11-23)19-17(25)14-4-2-3-9-18-14/h2-6,9,13H,7-8,10-11H2,1H3,(H,19,25). The number of nitrogens with zero attached hydrogens (tertiary/aromatic N) is 6. The molecule has 8 heteroatoms. The second kappa shape index (κ2) is 6.46. The van der Waals surface area contributed by atoms with E-state index < -0.39 is 0 Å². The molecule has 1 aliphatic heterocycles. The Bertz CT molecular complexity index is 884. The number of hydrogen-bond donors (Lipinski definition) is 1. The van der Waals surface area contributed by atoms with Crippen LogP contribution in [-0.2, 0) is 0 Å². The van der Waals surface area contributed by atoms with Gasteiger partial charge in [0.25, 0.3) is 5.91 Å². The maximum Gasteiger partial charge on any atom is 0.270 e. The van der Waals surface area contributed by atoms with Gasteiger partial charge in [-0.25, -0.2) is 0 Å². The fourth-order valence-electron chi connectivity index (χ4n) is 3.06. The Hall–Kier alpha value is -3.03. The third-order valence-electron chi connectivity index (χ3n) is 4.46. The molecular formula is C17H19N7O. The number of aryl methyl sites for hydroxylation is 1. The van der Waals surface area contributed by atoms with Gasteiger partial charge in [0.1, 0.15) is 11.5 Å². The highest BCUT2D eigenvalue weighted by atomic mass is 16.1. The number of fused-ring (bicyclic) bond motifs is 1. The number of carbonyl (C=O) groups excluding carboxylic acids is 1. The van der Waals surface area contributed by atoms with Crippen molar-refractivity contribution in [1.29, 1.82) is 0 Å². The molecule has 4 heterocycles. The van der Waals surface area contributed by atoms with Gasteiger partial charge in [-0.3, -0.25) is 9.78 Å². The molecule has 25 heavy (non-hydrogen) atoms. The second-order valence-corrected chi connectivity index (χ2v) is 6.16. The van der Waals surface area contributed by atoms with Gasteiger partial charge in [0.05, 0.1) is 0 Å². The largest absolute Gasteiger partial charge is 0.355 e.